The van der Waals surface area contributed by atoms with Crippen LogP contribution in [0.4, 0.5) is 0 Å². The van der Waals surface area contributed by atoms with Crippen molar-refractivity contribution in [2.24, 2.45) is 5.92 Å². The van der Waals surface area contributed by atoms with Crippen LogP contribution in [0.25, 0.3) is 0 Å². The molecule has 1 N–H and O–H groups in total. The molecule has 1 nitrogen and oxygen atoms in total. The SMILES string of the molecule is CC(C)CC1(Cc2cccc(Br)c2)CCCN1. The third-order valence-electron chi connectivity index (χ3n) is 3.56. The van der Waals surface area contributed by atoms with Crippen LogP contribution < -0.4 is 5.32 Å². The van der Waals surface area contributed by atoms with Crippen LogP contribution in [0, 0.1) is 5.92 Å². The number of rotatable bonds is 4. The first-order chi connectivity index (χ1) is 8.10. The van der Waals surface area contributed by atoms with Gasteiger partial charge < -0.3 is 5.32 Å². The van der Waals surface area contributed by atoms with Gasteiger partial charge in [0.2, 0.25) is 0 Å². The van der Waals surface area contributed by atoms with Crippen molar-refractivity contribution in [1.29, 1.82) is 0 Å². The van der Waals surface area contributed by atoms with Crippen LogP contribution >= 0.6 is 15.9 Å². The minimum absolute atomic E-state index is 0.342. The van der Waals surface area contributed by atoms with Gasteiger partial charge >= 0.3 is 0 Å². The normalized spacial score (nSPS) is 24.5. The number of hydrogen-bond acceptors (Lipinski definition) is 1. The van der Waals surface area contributed by atoms with Crippen LogP contribution in [0.3, 0.4) is 0 Å². The van der Waals surface area contributed by atoms with Gasteiger partial charge in [-0.15, -0.1) is 0 Å². The molecule has 0 spiro atoms. The predicted molar refractivity (Wildman–Crippen MR) is 77.3 cm³/mol. The summed E-state index contributed by atoms with van der Waals surface area (Å²) in [5, 5.41) is 3.75. The van der Waals surface area contributed by atoms with Crippen molar-refractivity contribution in [3.05, 3.63) is 34.3 Å². The minimum Gasteiger partial charge on any atom is -0.311 e. The molecular weight excluding hydrogens is 274 g/mol. The Labute approximate surface area is 113 Å². The zero-order chi connectivity index (χ0) is 12.3. The Balaban J connectivity index is 2.12. The highest BCUT2D eigenvalue weighted by molar-refractivity contribution is 9.10. The van der Waals surface area contributed by atoms with Gasteiger partial charge in [-0.25, -0.2) is 0 Å². The van der Waals surface area contributed by atoms with E-state index < -0.39 is 0 Å². The lowest BCUT2D eigenvalue weighted by Crippen LogP contribution is -2.43. The van der Waals surface area contributed by atoms with E-state index in [0.717, 1.165) is 12.3 Å². The summed E-state index contributed by atoms with van der Waals surface area (Å²) in [5.41, 5.74) is 1.78. The van der Waals surface area contributed by atoms with Gasteiger partial charge in [-0.3, -0.25) is 0 Å². The Kier molecular flexibility index (Phi) is 4.26. The van der Waals surface area contributed by atoms with E-state index in [1.54, 1.807) is 0 Å². The Morgan fingerprint density at radius 1 is 1.41 bits per heavy atom. The lowest BCUT2D eigenvalue weighted by molar-refractivity contribution is 0.301. The molecule has 0 bridgehead atoms. The molecule has 94 valence electrons. The second kappa shape index (κ2) is 5.53. The van der Waals surface area contributed by atoms with Crippen LogP contribution in [-0.2, 0) is 6.42 Å². The van der Waals surface area contributed by atoms with Gasteiger partial charge in [0.05, 0.1) is 0 Å². The number of nitrogens with one attached hydrogen (secondary N) is 1. The third kappa shape index (κ3) is 3.56. The first-order valence-corrected chi connectivity index (χ1v) is 7.38. The van der Waals surface area contributed by atoms with Crippen molar-refractivity contribution < 1.29 is 0 Å². The highest BCUT2D eigenvalue weighted by atomic mass is 79.9. The Hall–Kier alpha value is -0.340. The van der Waals surface area contributed by atoms with E-state index in [1.165, 1.54) is 35.8 Å². The highest BCUT2D eigenvalue weighted by Crippen LogP contribution is 2.31. The zero-order valence-corrected chi connectivity index (χ0v) is 12.4. The largest absolute Gasteiger partial charge is 0.311 e. The topological polar surface area (TPSA) is 12.0 Å². The van der Waals surface area contributed by atoms with E-state index in [1.807, 2.05) is 0 Å². The quantitative estimate of drug-likeness (QED) is 0.879. The summed E-state index contributed by atoms with van der Waals surface area (Å²) in [6.45, 7) is 5.83. The molecule has 1 atom stereocenters. The summed E-state index contributed by atoms with van der Waals surface area (Å²) in [6.07, 6.45) is 5.07. The molecule has 1 aromatic rings. The molecule has 0 saturated carbocycles. The molecule has 0 radical (unpaired) electrons. The number of hydrogen-bond donors (Lipinski definition) is 1. The first kappa shape index (κ1) is 13.1. The maximum Gasteiger partial charge on any atom is 0.0224 e. The van der Waals surface area contributed by atoms with Gasteiger partial charge in [0.25, 0.3) is 0 Å². The van der Waals surface area contributed by atoms with Gasteiger partial charge in [0, 0.05) is 10.0 Å². The molecule has 1 heterocycles. The molecular formula is C15H22BrN. The summed E-state index contributed by atoms with van der Waals surface area (Å²) >= 11 is 3.56. The molecule has 0 amide bonds. The van der Waals surface area contributed by atoms with Crippen molar-refractivity contribution in [3.8, 4) is 0 Å². The van der Waals surface area contributed by atoms with Crippen molar-refractivity contribution in [3.63, 3.8) is 0 Å². The van der Waals surface area contributed by atoms with E-state index in [4.69, 9.17) is 0 Å². The summed E-state index contributed by atoms with van der Waals surface area (Å²) in [4.78, 5) is 0. The molecule has 1 fully saturated rings. The Bertz CT molecular complexity index is 367. The maximum absolute atomic E-state index is 3.75. The summed E-state index contributed by atoms with van der Waals surface area (Å²) < 4.78 is 1.19. The molecule has 2 rings (SSSR count). The minimum atomic E-state index is 0.342. The first-order valence-electron chi connectivity index (χ1n) is 6.59. The van der Waals surface area contributed by atoms with Crippen molar-refractivity contribution >= 4 is 15.9 Å². The zero-order valence-electron chi connectivity index (χ0n) is 10.8. The lowest BCUT2D eigenvalue weighted by Gasteiger charge is -2.31. The second-order valence-electron chi connectivity index (χ2n) is 5.72. The van der Waals surface area contributed by atoms with E-state index in [-0.39, 0.29) is 0 Å². The van der Waals surface area contributed by atoms with Gasteiger partial charge in [-0.2, -0.15) is 0 Å². The van der Waals surface area contributed by atoms with Crippen molar-refractivity contribution in [2.75, 3.05) is 6.54 Å². The molecule has 1 saturated heterocycles. The molecule has 1 aliphatic rings. The summed E-state index contributed by atoms with van der Waals surface area (Å²) in [5.74, 6) is 0.757. The fourth-order valence-electron chi connectivity index (χ4n) is 3.09. The summed E-state index contributed by atoms with van der Waals surface area (Å²) in [6, 6.07) is 8.73. The van der Waals surface area contributed by atoms with Crippen LogP contribution in [0.5, 0.6) is 0 Å². The summed E-state index contributed by atoms with van der Waals surface area (Å²) in [7, 11) is 0. The fraction of sp³-hybridized carbons (Fsp3) is 0.600. The van der Waals surface area contributed by atoms with Crippen LogP contribution in [0.2, 0.25) is 0 Å². The van der Waals surface area contributed by atoms with E-state index in [0.29, 0.717) is 5.54 Å². The molecule has 1 aliphatic heterocycles. The van der Waals surface area contributed by atoms with Gasteiger partial charge in [-0.1, -0.05) is 41.9 Å². The molecule has 2 heteroatoms. The van der Waals surface area contributed by atoms with Crippen LogP contribution in [-0.4, -0.2) is 12.1 Å². The van der Waals surface area contributed by atoms with E-state index >= 15 is 0 Å². The van der Waals surface area contributed by atoms with Gasteiger partial charge in [-0.05, 0) is 55.8 Å². The average molecular weight is 296 g/mol. The third-order valence-corrected chi connectivity index (χ3v) is 4.06. The standard InChI is InChI=1S/C15H22BrN/c1-12(2)10-15(7-4-8-17-15)11-13-5-3-6-14(16)9-13/h3,5-6,9,12,17H,4,7-8,10-11H2,1-2H3. The van der Waals surface area contributed by atoms with Crippen molar-refractivity contribution in [1.82, 2.24) is 5.32 Å². The molecule has 0 aromatic heterocycles. The second-order valence-corrected chi connectivity index (χ2v) is 6.63. The van der Waals surface area contributed by atoms with Crippen LogP contribution in [0.1, 0.15) is 38.7 Å². The number of halogens is 1. The Morgan fingerprint density at radius 2 is 2.24 bits per heavy atom. The van der Waals surface area contributed by atoms with E-state index in [9.17, 15) is 0 Å². The van der Waals surface area contributed by atoms with Gasteiger partial charge in [0.1, 0.15) is 0 Å². The van der Waals surface area contributed by atoms with Crippen molar-refractivity contribution in [2.45, 2.75) is 45.1 Å². The fourth-order valence-corrected chi connectivity index (χ4v) is 3.53. The molecule has 17 heavy (non-hydrogen) atoms. The van der Waals surface area contributed by atoms with Crippen LogP contribution in [0.15, 0.2) is 28.7 Å². The molecule has 1 aromatic carbocycles. The average Bonchev–Trinajstić information content (AvgIpc) is 2.65. The smallest absolute Gasteiger partial charge is 0.0224 e. The lowest BCUT2D eigenvalue weighted by atomic mass is 9.82. The maximum atomic E-state index is 3.75. The Morgan fingerprint density at radius 3 is 2.82 bits per heavy atom. The monoisotopic (exact) mass is 295 g/mol. The van der Waals surface area contributed by atoms with E-state index in [2.05, 4.69) is 59.4 Å². The predicted octanol–water partition coefficient (Wildman–Crippen LogP) is 4.16. The molecule has 0 aliphatic carbocycles. The highest BCUT2D eigenvalue weighted by Gasteiger charge is 2.33. The van der Waals surface area contributed by atoms with Gasteiger partial charge in [0.15, 0.2) is 0 Å². The number of benzene rings is 1. The molecule has 1 unspecified atom stereocenters.